The first-order chi connectivity index (χ1) is 52.3. The molecule has 12 N–H and O–H groups in total. The summed E-state index contributed by atoms with van der Waals surface area (Å²) < 4.78 is 34.4. The maximum Gasteiger partial charge on any atom is 0.220 e. The zero-order valence-corrected chi connectivity index (χ0v) is 65.6. The molecule has 0 aliphatic carbocycles. The molecule has 17 unspecified atom stereocenters. The molecule has 612 valence electrons. The number of aliphatic hydroxyl groups excluding tert-OH is 11. The molecule has 0 radical (unpaired) electrons. The molecule has 3 aliphatic heterocycles. The molecule has 3 aliphatic rings. The number of unbranched alkanes of at least 4 members (excludes halogenated alkanes) is 26. The number of hydrogen-bond acceptors (Lipinski definition) is 18. The number of nitrogens with one attached hydrogen (secondary N) is 1. The average molecular weight is 1510 g/mol. The van der Waals surface area contributed by atoms with Gasteiger partial charge in [-0.2, -0.15) is 0 Å². The summed E-state index contributed by atoms with van der Waals surface area (Å²) in [6.07, 6.45) is 69.7. The Labute approximate surface area is 644 Å². The normalized spacial score (nSPS) is 26.3. The van der Waals surface area contributed by atoms with Crippen LogP contribution >= 0.6 is 0 Å². The number of carbonyl (C=O) groups excluding carboxylic acids is 1. The number of ether oxygens (including phenoxy) is 6. The fraction of sp³-hybridized carbons (Fsp3) is 0.716. The van der Waals surface area contributed by atoms with E-state index in [2.05, 4.69) is 153 Å². The maximum absolute atomic E-state index is 13.5. The van der Waals surface area contributed by atoms with Crippen molar-refractivity contribution in [2.45, 2.75) is 375 Å². The zero-order valence-electron chi connectivity index (χ0n) is 65.6. The standard InChI is InChI=1S/C88H147NO18/c1-3-5-7-9-11-13-15-17-19-21-23-25-27-28-29-30-31-32-33-34-35-36-37-38-39-40-41-42-44-46-48-50-52-54-56-58-60-62-64-66-76(94)89-71(72(93)65-63-61-59-57-55-53-51-49-47-45-43-26-24-22-20-18-16-14-12-10-8-6-4-2)70-102-86-82(100)79(97)84(74(68-91)104-86)107-88-83(101)80(98)85(75(69-92)105-88)106-87-81(99)78(96)77(95)73(67-90)103-87/h5,7,11,13,17,19,23,25,28-29,31-32,34-35,37-38,40-41,44,46,55,57,63,65,71-75,77-88,90-93,95-101H,3-4,6,8-10,12,14-16,18,20-22,24,26-27,30,33,36,39,42-43,45,47-54,56,58-62,64,66-70H2,1-2H3,(H,89,94)/b7-5-,13-11-,19-17-,25-23-,29-28-,32-31-,35-34-,38-37-,41-40-,46-44-,57-55+,65-63+. The topological polar surface area (TPSA) is 307 Å². The SMILES string of the molecule is CC/C=C\C/C=C\C/C=C\C/C=C\C/C=C\C/C=C\C/C=C\C/C=C\C/C=C\C/C=C\CCCCCCCCCCC(=O)NC(COC1OC(CO)C(OC2OC(CO)C(OC3OC(CO)C(O)C(O)C3O)C(O)C2O)C(O)C1O)C(O)/C=C/CC/C=C/CCCCCCCCCCCCCCCCCCC. The molecule has 1 amide bonds. The van der Waals surface area contributed by atoms with E-state index < -0.39 is 124 Å². The zero-order chi connectivity index (χ0) is 77.4. The number of hydrogen-bond donors (Lipinski definition) is 12. The molecule has 3 rings (SSSR count). The highest BCUT2D eigenvalue weighted by Crippen LogP contribution is 2.33. The fourth-order valence-corrected chi connectivity index (χ4v) is 13.0. The van der Waals surface area contributed by atoms with E-state index in [4.69, 9.17) is 28.4 Å². The number of rotatable bonds is 64. The lowest BCUT2D eigenvalue weighted by molar-refractivity contribution is -0.379. The molecule has 19 nitrogen and oxygen atoms in total. The smallest absolute Gasteiger partial charge is 0.220 e. The molecule has 19 heteroatoms. The van der Waals surface area contributed by atoms with Gasteiger partial charge in [-0.3, -0.25) is 4.79 Å². The van der Waals surface area contributed by atoms with Crippen LogP contribution in [0.5, 0.6) is 0 Å². The van der Waals surface area contributed by atoms with Crippen LogP contribution < -0.4 is 5.32 Å². The van der Waals surface area contributed by atoms with Gasteiger partial charge in [0, 0.05) is 6.42 Å². The predicted octanol–water partition coefficient (Wildman–Crippen LogP) is 14.6. The summed E-state index contributed by atoms with van der Waals surface area (Å²) in [5, 5.41) is 121. The van der Waals surface area contributed by atoms with Gasteiger partial charge in [-0.1, -0.05) is 301 Å². The van der Waals surface area contributed by atoms with Crippen molar-refractivity contribution in [2.24, 2.45) is 0 Å². The molecule has 3 fully saturated rings. The monoisotopic (exact) mass is 1510 g/mol. The van der Waals surface area contributed by atoms with E-state index in [9.17, 15) is 61.0 Å². The first-order valence-electron chi connectivity index (χ1n) is 41.6. The molecule has 3 saturated heterocycles. The third-order valence-corrected chi connectivity index (χ3v) is 19.6. The van der Waals surface area contributed by atoms with Crippen LogP contribution in [0.4, 0.5) is 0 Å². The molecule has 0 aromatic carbocycles. The van der Waals surface area contributed by atoms with E-state index in [1.165, 1.54) is 109 Å². The molecule has 0 bridgehead atoms. The van der Waals surface area contributed by atoms with Crippen molar-refractivity contribution in [1.82, 2.24) is 5.32 Å². The highest BCUT2D eigenvalue weighted by Gasteiger charge is 2.54. The first kappa shape index (κ1) is 96.9. The minimum absolute atomic E-state index is 0.217. The quantitative estimate of drug-likeness (QED) is 0.0199. The predicted molar refractivity (Wildman–Crippen MR) is 429 cm³/mol. The van der Waals surface area contributed by atoms with Crippen molar-refractivity contribution in [3.05, 3.63) is 146 Å². The van der Waals surface area contributed by atoms with Gasteiger partial charge in [-0.05, 0) is 109 Å². The Bertz CT molecular complexity index is 2500. The van der Waals surface area contributed by atoms with Gasteiger partial charge in [0.05, 0.1) is 38.6 Å². The lowest BCUT2D eigenvalue weighted by Gasteiger charge is -2.48. The first-order valence-corrected chi connectivity index (χ1v) is 41.6. The number of aliphatic hydroxyl groups is 11. The van der Waals surface area contributed by atoms with Gasteiger partial charge in [-0.15, -0.1) is 0 Å². The van der Waals surface area contributed by atoms with Crippen LogP contribution in [0.2, 0.25) is 0 Å². The van der Waals surface area contributed by atoms with Gasteiger partial charge in [0.1, 0.15) is 73.2 Å². The van der Waals surface area contributed by atoms with E-state index in [-0.39, 0.29) is 18.9 Å². The summed E-state index contributed by atoms with van der Waals surface area (Å²) in [5.41, 5.74) is 0. The lowest BCUT2D eigenvalue weighted by Crippen LogP contribution is -2.66. The Morgan fingerprint density at radius 3 is 1.05 bits per heavy atom. The second kappa shape index (κ2) is 66.3. The van der Waals surface area contributed by atoms with Crippen LogP contribution in [0.15, 0.2) is 146 Å². The second-order valence-electron chi connectivity index (χ2n) is 28.8. The van der Waals surface area contributed by atoms with Crippen molar-refractivity contribution < 1.29 is 89.4 Å². The number of allylic oxidation sites excluding steroid dienone is 23. The van der Waals surface area contributed by atoms with Crippen LogP contribution in [0.25, 0.3) is 0 Å². The molecule has 0 spiro atoms. The molecule has 107 heavy (non-hydrogen) atoms. The van der Waals surface area contributed by atoms with Gasteiger partial charge in [0.25, 0.3) is 0 Å². The molecule has 17 atom stereocenters. The van der Waals surface area contributed by atoms with Gasteiger partial charge in [0.2, 0.25) is 5.91 Å². The average Bonchev–Trinajstić information content (AvgIpc) is 0.781. The summed E-state index contributed by atoms with van der Waals surface area (Å²) >= 11 is 0. The molecule has 0 saturated carbocycles. The van der Waals surface area contributed by atoms with Crippen LogP contribution in [0.1, 0.15) is 271 Å². The van der Waals surface area contributed by atoms with Gasteiger partial charge < -0.3 is 89.9 Å². The van der Waals surface area contributed by atoms with Crippen molar-refractivity contribution in [3.8, 4) is 0 Å². The third-order valence-electron chi connectivity index (χ3n) is 19.6. The van der Waals surface area contributed by atoms with Crippen LogP contribution in [-0.2, 0) is 33.2 Å². The number of amides is 1. The highest BCUT2D eigenvalue weighted by atomic mass is 16.8. The summed E-state index contributed by atoms with van der Waals surface area (Å²) in [7, 11) is 0. The van der Waals surface area contributed by atoms with Crippen LogP contribution in [-0.4, -0.2) is 193 Å². The molecular weight excluding hydrogens is 1360 g/mol. The summed E-state index contributed by atoms with van der Waals surface area (Å²) in [5.74, 6) is -0.298. The van der Waals surface area contributed by atoms with Gasteiger partial charge in [-0.25, -0.2) is 0 Å². The van der Waals surface area contributed by atoms with Crippen LogP contribution in [0, 0.1) is 0 Å². The van der Waals surface area contributed by atoms with E-state index in [1.54, 1.807) is 6.08 Å². The van der Waals surface area contributed by atoms with Gasteiger partial charge >= 0.3 is 0 Å². The van der Waals surface area contributed by atoms with Crippen molar-refractivity contribution in [3.63, 3.8) is 0 Å². The van der Waals surface area contributed by atoms with Crippen LogP contribution in [0.3, 0.4) is 0 Å². The largest absolute Gasteiger partial charge is 0.394 e. The minimum Gasteiger partial charge on any atom is -0.394 e. The summed E-state index contributed by atoms with van der Waals surface area (Å²) in [4.78, 5) is 13.5. The van der Waals surface area contributed by atoms with Crippen molar-refractivity contribution in [1.29, 1.82) is 0 Å². The van der Waals surface area contributed by atoms with E-state index in [1.807, 2.05) is 6.08 Å². The van der Waals surface area contributed by atoms with E-state index in [0.29, 0.717) is 12.8 Å². The Morgan fingerprint density at radius 1 is 0.346 bits per heavy atom. The Balaban J connectivity index is 1.37. The van der Waals surface area contributed by atoms with Gasteiger partial charge in [0.15, 0.2) is 18.9 Å². The summed E-state index contributed by atoms with van der Waals surface area (Å²) in [6, 6.07) is -1.01. The lowest BCUT2D eigenvalue weighted by atomic mass is 9.96. The Kier molecular flexibility index (Phi) is 60.0. The summed E-state index contributed by atoms with van der Waals surface area (Å²) in [6.45, 7) is 1.60. The molecule has 0 aromatic rings. The molecule has 0 aromatic heterocycles. The van der Waals surface area contributed by atoms with Crippen molar-refractivity contribution >= 4 is 5.91 Å². The Morgan fingerprint density at radius 2 is 0.654 bits per heavy atom. The van der Waals surface area contributed by atoms with E-state index >= 15 is 0 Å². The highest BCUT2D eigenvalue weighted by molar-refractivity contribution is 5.76. The minimum atomic E-state index is -1.99. The third kappa shape index (κ3) is 45.7. The Hall–Kier alpha value is -4.33. The fourth-order valence-electron chi connectivity index (χ4n) is 13.0. The molecule has 3 heterocycles. The molecular formula is C88H147NO18. The van der Waals surface area contributed by atoms with Crippen molar-refractivity contribution in [2.75, 3.05) is 26.4 Å². The maximum atomic E-state index is 13.5. The number of carbonyl (C=O) groups is 1. The van der Waals surface area contributed by atoms with E-state index in [0.717, 1.165) is 128 Å². The second-order valence-corrected chi connectivity index (χ2v) is 28.8.